The third-order valence-electron chi connectivity index (χ3n) is 2.74. The normalized spacial score (nSPS) is 25.9. The summed E-state index contributed by atoms with van der Waals surface area (Å²) in [5, 5.41) is 2.94. The highest BCUT2D eigenvalue weighted by Gasteiger charge is 2.21. The zero-order valence-electron chi connectivity index (χ0n) is 9.50. The Hall–Kier alpha value is -0.830. The lowest BCUT2D eigenvalue weighted by atomic mass is 9.89. The minimum absolute atomic E-state index is 0.143. The van der Waals surface area contributed by atoms with Crippen LogP contribution in [0.5, 0.6) is 0 Å². The summed E-state index contributed by atoms with van der Waals surface area (Å²) in [4.78, 5) is 11.4. The minimum Gasteiger partial charge on any atom is -0.461 e. The molecule has 1 aliphatic rings. The fourth-order valence-electron chi connectivity index (χ4n) is 1.99. The van der Waals surface area contributed by atoms with Crippen molar-refractivity contribution in [2.75, 3.05) is 13.1 Å². The van der Waals surface area contributed by atoms with Crippen molar-refractivity contribution in [3.63, 3.8) is 0 Å². The summed E-state index contributed by atoms with van der Waals surface area (Å²) < 4.78 is 5.37. The second kappa shape index (κ2) is 6.62. The van der Waals surface area contributed by atoms with Crippen LogP contribution in [-0.4, -0.2) is 25.2 Å². The summed E-state index contributed by atoms with van der Waals surface area (Å²) in [7, 11) is 0. The molecule has 0 saturated heterocycles. The van der Waals surface area contributed by atoms with Crippen LogP contribution in [0.25, 0.3) is 0 Å². The minimum atomic E-state index is -0.143. The molecule has 0 aliphatic heterocycles. The van der Waals surface area contributed by atoms with Gasteiger partial charge >= 0.3 is 5.97 Å². The lowest BCUT2D eigenvalue weighted by Gasteiger charge is -2.26. The smallest absolute Gasteiger partial charge is 0.320 e. The van der Waals surface area contributed by atoms with Gasteiger partial charge in [-0.05, 0) is 25.2 Å². The summed E-state index contributed by atoms with van der Waals surface area (Å²) >= 11 is 0. The van der Waals surface area contributed by atoms with Crippen molar-refractivity contribution < 1.29 is 9.53 Å². The van der Waals surface area contributed by atoms with Crippen LogP contribution in [0.4, 0.5) is 0 Å². The van der Waals surface area contributed by atoms with Crippen LogP contribution < -0.4 is 5.32 Å². The highest BCUT2D eigenvalue weighted by molar-refractivity contribution is 5.71. The fraction of sp³-hybridized carbons (Fsp3) is 0.750. The van der Waals surface area contributed by atoms with Gasteiger partial charge in [-0.15, -0.1) is 6.58 Å². The van der Waals surface area contributed by atoms with Gasteiger partial charge in [0.05, 0.1) is 6.54 Å². The van der Waals surface area contributed by atoms with E-state index in [0.29, 0.717) is 12.5 Å². The molecule has 0 bridgehead atoms. The van der Waals surface area contributed by atoms with Crippen molar-refractivity contribution in [2.24, 2.45) is 5.92 Å². The van der Waals surface area contributed by atoms with E-state index < -0.39 is 0 Å². The Morgan fingerprint density at radius 2 is 2.40 bits per heavy atom. The summed E-state index contributed by atoms with van der Waals surface area (Å²) in [6, 6.07) is 0. The van der Waals surface area contributed by atoms with Gasteiger partial charge in [-0.2, -0.15) is 0 Å². The SMILES string of the molecule is C=CCNCC(=O)OC1CCCC(C)C1. The predicted octanol–water partition coefficient (Wildman–Crippen LogP) is 1.88. The number of hydrogen-bond acceptors (Lipinski definition) is 3. The molecule has 2 unspecified atom stereocenters. The van der Waals surface area contributed by atoms with Gasteiger partial charge in [-0.25, -0.2) is 0 Å². The predicted molar refractivity (Wildman–Crippen MR) is 60.6 cm³/mol. The average Bonchev–Trinajstić information content (AvgIpc) is 2.18. The molecule has 0 aromatic rings. The zero-order valence-corrected chi connectivity index (χ0v) is 9.50. The second-order valence-electron chi connectivity index (χ2n) is 4.30. The maximum atomic E-state index is 11.4. The first-order valence-corrected chi connectivity index (χ1v) is 5.73. The van der Waals surface area contributed by atoms with Gasteiger partial charge in [0, 0.05) is 6.54 Å². The Morgan fingerprint density at radius 3 is 3.07 bits per heavy atom. The first kappa shape index (κ1) is 12.2. The first-order chi connectivity index (χ1) is 7.22. The Morgan fingerprint density at radius 1 is 1.60 bits per heavy atom. The quantitative estimate of drug-likeness (QED) is 0.429. The van der Waals surface area contributed by atoms with Crippen molar-refractivity contribution in [3.05, 3.63) is 12.7 Å². The summed E-state index contributed by atoms with van der Waals surface area (Å²) in [6.45, 7) is 6.72. The maximum Gasteiger partial charge on any atom is 0.320 e. The van der Waals surface area contributed by atoms with E-state index in [1.807, 2.05) is 0 Å². The summed E-state index contributed by atoms with van der Waals surface area (Å²) in [5.41, 5.74) is 0. The average molecular weight is 211 g/mol. The molecule has 1 fully saturated rings. The second-order valence-corrected chi connectivity index (χ2v) is 4.30. The van der Waals surface area contributed by atoms with E-state index in [4.69, 9.17) is 4.74 Å². The number of carbonyl (C=O) groups is 1. The summed E-state index contributed by atoms with van der Waals surface area (Å²) in [6.07, 6.45) is 6.37. The fourth-order valence-corrected chi connectivity index (χ4v) is 1.99. The molecule has 1 aliphatic carbocycles. The highest BCUT2D eigenvalue weighted by atomic mass is 16.5. The Labute approximate surface area is 91.9 Å². The number of esters is 1. The molecule has 2 atom stereocenters. The van der Waals surface area contributed by atoms with Gasteiger partial charge in [0.25, 0.3) is 0 Å². The number of hydrogen-bond donors (Lipinski definition) is 1. The number of ether oxygens (including phenoxy) is 1. The topological polar surface area (TPSA) is 38.3 Å². The third-order valence-corrected chi connectivity index (χ3v) is 2.74. The largest absolute Gasteiger partial charge is 0.461 e. The molecule has 0 radical (unpaired) electrons. The third kappa shape index (κ3) is 4.98. The van der Waals surface area contributed by atoms with Gasteiger partial charge in [0.15, 0.2) is 0 Å². The van der Waals surface area contributed by atoms with E-state index >= 15 is 0 Å². The molecule has 1 saturated carbocycles. The van der Waals surface area contributed by atoms with E-state index in [0.717, 1.165) is 12.8 Å². The standard InChI is InChI=1S/C12H21NO2/c1-3-7-13-9-12(14)15-11-6-4-5-10(2)8-11/h3,10-11,13H,1,4-9H2,2H3. The van der Waals surface area contributed by atoms with Crippen LogP contribution >= 0.6 is 0 Å². The van der Waals surface area contributed by atoms with Crippen LogP contribution in [0.1, 0.15) is 32.6 Å². The van der Waals surface area contributed by atoms with Crippen molar-refractivity contribution in [2.45, 2.75) is 38.7 Å². The van der Waals surface area contributed by atoms with Crippen LogP contribution in [0.2, 0.25) is 0 Å². The van der Waals surface area contributed by atoms with E-state index in [1.54, 1.807) is 6.08 Å². The molecule has 3 heteroatoms. The molecule has 0 aromatic heterocycles. The van der Waals surface area contributed by atoms with Crippen molar-refractivity contribution in [1.29, 1.82) is 0 Å². The van der Waals surface area contributed by atoms with Crippen molar-refractivity contribution >= 4 is 5.97 Å². The van der Waals surface area contributed by atoms with E-state index in [-0.39, 0.29) is 18.6 Å². The van der Waals surface area contributed by atoms with Crippen molar-refractivity contribution in [3.8, 4) is 0 Å². The lowest BCUT2D eigenvalue weighted by Crippen LogP contribution is -2.30. The first-order valence-electron chi connectivity index (χ1n) is 5.73. The Bertz CT molecular complexity index is 216. The van der Waals surface area contributed by atoms with Gasteiger partial charge in [-0.1, -0.05) is 19.4 Å². The molecular formula is C12H21NO2. The molecule has 1 N–H and O–H groups in total. The number of rotatable bonds is 5. The molecule has 0 spiro atoms. The molecule has 3 nitrogen and oxygen atoms in total. The van der Waals surface area contributed by atoms with Crippen LogP contribution in [-0.2, 0) is 9.53 Å². The Balaban J connectivity index is 2.16. The van der Waals surface area contributed by atoms with Crippen LogP contribution in [0.15, 0.2) is 12.7 Å². The van der Waals surface area contributed by atoms with Gasteiger partial charge in [0.2, 0.25) is 0 Å². The van der Waals surface area contributed by atoms with Gasteiger partial charge in [0.1, 0.15) is 6.10 Å². The van der Waals surface area contributed by atoms with E-state index in [1.165, 1.54) is 12.8 Å². The van der Waals surface area contributed by atoms with Gasteiger partial charge < -0.3 is 10.1 Å². The van der Waals surface area contributed by atoms with Crippen LogP contribution in [0, 0.1) is 5.92 Å². The lowest BCUT2D eigenvalue weighted by molar-refractivity contribution is -0.149. The van der Waals surface area contributed by atoms with Crippen LogP contribution in [0.3, 0.4) is 0 Å². The Kier molecular flexibility index (Phi) is 5.40. The molecule has 0 aromatic carbocycles. The number of carbonyl (C=O) groups excluding carboxylic acids is 1. The maximum absolute atomic E-state index is 11.4. The molecule has 15 heavy (non-hydrogen) atoms. The highest BCUT2D eigenvalue weighted by Crippen LogP contribution is 2.25. The zero-order chi connectivity index (χ0) is 11.1. The van der Waals surface area contributed by atoms with E-state index in [9.17, 15) is 4.79 Å². The summed E-state index contributed by atoms with van der Waals surface area (Å²) in [5.74, 6) is 0.550. The van der Waals surface area contributed by atoms with Gasteiger partial charge in [-0.3, -0.25) is 4.79 Å². The molecule has 1 rings (SSSR count). The van der Waals surface area contributed by atoms with E-state index in [2.05, 4.69) is 18.8 Å². The monoisotopic (exact) mass is 211 g/mol. The number of nitrogens with one attached hydrogen (secondary N) is 1. The molecule has 86 valence electrons. The van der Waals surface area contributed by atoms with Crippen molar-refractivity contribution in [1.82, 2.24) is 5.32 Å². The molecule has 0 heterocycles. The molecular weight excluding hydrogens is 190 g/mol. The molecule has 0 amide bonds.